The van der Waals surface area contributed by atoms with E-state index in [0.29, 0.717) is 13.2 Å². The Kier molecular flexibility index (Phi) is 8.06. The van der Waals surface area contributed by atoms with Gasteiger partial charge in [-0.1, -0.05) is 41.4 Å². The molecule has 1 aromatic carbocycles. The summed E-state index contributed by atoms with van der Waals surface area (Å²) in [4.78, 5) is 14.4. The van der Waals surface area contributed by atoms with E-state index in [1.54, 1.807) is 12.0 Å². The van der Waals surface area contributed by atoms with Crippen molar-refractivity contribution in [1.82, 2.24) is 4.90 Å². The highest BCUT2D eigenvalue weighted by atomic mass is 79.9. The number of amides is 1. The first kappa shape index (κ1) is 20.0. The molecule has 4 nitrogen and oxygen atoms in total. The molecule has 0 aromatic heterocycles. The first-order valence-electron chi connectivity index (χ1n) is 7.99. The molecule has 0 aliphatic rings. The van der Waals surface area contributed by atoms with Crippen LogP contribution >= 0.6 is 15.9 Å². The summed E-state index contributed by atoms with van der Waals surface area (Å²) in [5.41, 5.74) is 0.551. The lowest BCUT2D eigenvalue weighted by atomic mass is 10.1. The molecule has 130 valence electrons. The molecular formula is C18H28BrNO3. The van der Waals surface area contributed by atoms with Crippen molar-refractivity contribution >= 4 is 22.0 Å². The minimum Gasteiger partial charge on any atom is -0.444 e. The SMILES string of the molecule is CCC[C@H](COC)N(Cc1ccc(Br)cc1)C(=O)OC(C)(C)C. The fourth-order valence-corrected chi connectivity index (χ4v) is 2.57. The van der Waals surface area contributed by atoms with E-state index in [1.807, 2.05) is 45.0 Å². The average molecular weight is 386 g/mol. The molecule has 1 aromatic rings. The predicted molar refractivity (Wildman–Crippen MR) is 96.5 cm³/mol. The van der Waals surface area contributed by atoms with Crippen LogP contribution < -0.4 is 0 Å². The maximum absolute atomic E-state index is 12.7. The molecule has 0 aliphatic heterocycles. The molecule has 1 rings (SSSR count). The van der Waals surface area contributed by atoms with Crippen LogP contribution in [0.15, 0.2) is 28.7 Å². The van der Waals surface area contributed by atoms with E-state index in [1.165, 1.54) is 0 Å². The van der Waals surface area contributed by atoms with Crippen molar-refractivity contribution in [3.8, 4) is 0 Å². The summed E-state index contributed by atoms with van der Waals surface area (Å²) >= 11 is 3.43. The fraction of sp³-hybridized carbons (Fsp3) is 0.611. The second kappa shape index (κ2) is 9.28. The maximum atomic E-state index is 12.7. The second-order valence-corrected chi connectivity index (χ2v) is 7.55. The van der Waals surface area contributed by atoms with Crippen LogP contribution in [0.3, 0.4) is 0 Å². The van der Waals surface area contributed by atoms with Crippen molar-refractivity contribution in [2.45, 2.75) is 58.7 Å². The maximum Gasteiger partial charge on any atom is 0.410 e. The number of nitrogens with zero attached hydrogens (tertiary/aromatic N) is 1. The minimum atomic E-state index is -0.515. The minimum absolute atomic E-state index is 0.00324. The summed E-state index contributed by atoms with van der Waals surface area (Å²) in [6.45, 7) is 8.77. The highest BCUT2D eigenvalue weighted by Crippen LogP contribution is 2.19. The van der Waals surface area contributed by atoms with E-state index in [2.05, 4.69) is 22.9 Å². The summed E-state index contributed by atoms with van der Waals surface area (Å²) in [5, 5.41) is 0. The van der Waals surface area contributed by atoms with Crippen molar-refractivity contribution in [1.29, 1.82) is 0 Å². The first-order valence-corrected chi connectivity index (χ1v) is 8.79. The normalized spacial score (nSPS) is 12.8. The molecule has 0 radical (unpaired) electrons. The zero-order valence-electron chi connectivity index (χ0n) is 14.8. The molecule has 0 bridgehead atoms. The monoisotopic (exact) mass is 385 g/mol. The van der Waals surface area contributed by atoms with Crippen molar-refractivity contribution < 1.29 is 14.3 Å². The molecule has 1 atom stereocenters. The lowest BCUT2D eigenvalue weighted by Crippen LogP contribution is -2.45. The predicted octanol–water partition coefficient (Wildman–Crippen LogP) is 5.00. The molecule has 0 N–H and O–H groups in total. The van der Waals surface area contributed by atoms with E-state index in [4.69, 9.17) is 9.47 Å². The number of rotatable bonds is 7. The van der Waals surface area contributed by atoms with E-state index < -0.39 is 5.60 Å². The van der Waals surface area contributed by atoms with Crippen LogP contribution in [0.2, 0.25) is 0 Å². The van der Waals surface area contributed by atoms with Crippen LogP contribution in [0.5, 0.6) is 0 Å². The number of benzene rings is 1. The van der Waals surface area contributed by atoms with Gasteiger partial charge in [0.05, 0.1) is 12.6 Å². The quantitative estimate of drug-likeness (QED) is 0.662. The third-order valence-electron chi connectivity index (χ3n) is 3.32. The van der Waals surface area contributed by atoms with E-state index >= 15 is 0 Å². The number of hydrogen-bond acceptors (Lipinski definition) is 3. The van der Waals surface area contributed by atoms with Gasteiger partial charge in [0.2, 0.25) is 0 Å². The molecule has 0 saturated carbocycles. The molecule has 0 fully saturated rings. The number of hydrogen-bond donors (Lipinski definition) is 0. The van der Waals surface area contributed by atoms with Crippen LogP contribution in [-0.2, 0) is 16.0 Å². The third kappa shape index (κ3) is 7.36. The topological polar surface area (TPSA) is 38.8 Å². The Bertz CT molecular complexity index is 476. The standard InChI is InChI=1S/C18H28BrNO3/c1-6-7-16(13-22-5)20(17(21)23-18(2,3)4)12-14-8-10-15(19)11-9-14/h8-11,16H,6-7,12-13H2,1-5H3/t16-/m1/s1. The van der Waals surface area contributed by atoms with Crippen molar-refractivity contribution in [3.63, 3.8) is 0 Å². The molecule has 0 saturated heterocycles. The summed E-state index contributed by atoms with van der Waals surface area (Å²) in [6, 6.07) is 7.99. The highest BCUT2D eigenvalue weighted by molar-refractivity contribution is 9.10. The Hall–Kier alpha value is -1.07. The van der Waals surface area contributed by atoms with E-state index in [9.17, 15) is 4.79 Å². The third-order valence-corrected chi connectivity index (χ3v) is 3.84. The molecule has 0 heterocycles. The Morgan fingerprint density at radius 1 is 1.26 bits per heavy atom. The van der Waals surface area contributed by atoms with Gasteiger partial charge in [-0.15, -0.1) is 0 Å². The average Bonchev–Trinajstić information content (AvgIpc) is 2.44. The Labute approximate surface area is 148 Å². The smallest absolute Gasteiger partial charge is 0.410 e. The van der Waals surface area contributed by atoms with Gasteiger partial charge in [-0.2, -0.15) is 0 Å². The largest absolute Gasteiger partial charge is 0.444 e. The van der Waals surface area contributed by atoms with Gasteiger partial charge in [-0.3, -0.25) is 4.90 Å². The molecule has 5 heteroatoms. The molecule has 0 aliphatic carbocycles. The van der Waals surface area contributed by atoms with Gasteiger partial charge in [-0.05, 0) is 44.9 Å². The van der Waals surface area contributed by atoms with Crippen LogP contribution in [0.25, 0.3) is 0 Å². The van der Waals surface area contributed by atoms with Crippen molar-refractivity contribution in [2.24, 2.45) is 0 Å². The summed E-state index contributed by atoms with van der Waals surface area (Å²) < 4.78 is 11.9. The van der Waals surface area contributed by atoms with Crippen LogP contribution in [-0.4, -0.2) is 36.4 Å². The lowest BCUT2D eigenvalue weighted by Gasteiger charge is -2.33. The van der Waals surface area contributed by atoms with Gasteiger partial charge in [0.15, 0.2) is 0 Å². The van der Waals surface area contributed by atoms with Gasteiger partial charge < -0.3 is 9.47 Å². The number of carbonyl (C=O) groups excluding carboxylic acids is 1. The van der Waals surface area contributed by atoms with Crippen LogP contribution in [0, 0.1) is 0 Å². The van der Waals surface area contributed by atoms with Crippen LogP contribution in [0.4, 0.5) is 4.79 Å². The highest BCUT2D eigenvalue weighted by Gasteiger charge is 2.28. The van der Waals surface area contributed by atoms with Gasteiger partial charge >= 0.3 is 6.09 Å². The Balaban J connectivity index is 2.98. The van der Waals surface area contributed by atoms with Crippen LogP contribution in [0.1, 0.15) is 46.1 Å². The number of halogens is 1. The second-order valence-electron chi connectivity index (χ2n) is 6.63. The molecule has 0 unspecified atom stereocenters. The summed E-state index contributed by atoms with van der Waals surface area (Å²) in [5.74, 6) is 0. The number of ether oxygens (including phenoxy) is 2. The van der Waals surface area contributed by atoms with Gasteiger partial charge in [0.1, 0.15) is 5.60 Å². The first-order chi connectivity index (χ1) is 10.8. The van der Waals surface area contributed by atoms with Gasteiger partial charge in [0.25, 0.3) is 0 Å². The Morgan fingerprint density at radius 2 is 1.87 bits per heavy atom. The number of methoxy groups -OCH3 is 1. The van der Waals surface area contributed by atoms with Gasteiger partial charge in [-0.25, -0.2) is 4.79 Å². The zero-order chi connectivity index (χ0) is 17.5. The van der Waals surface area contributed by atoms with Crippen molar-refractivity contribution in [3.05, 3.63) is 34.3 Å². The van der Waals surface area contributed by atoms with Gasteiger partial charge in [0, 0.05) is 18.1 Å². The fourth-order valence-electron chi connectivity index (χ4n) is 2.30. The number of carbonyl (C=O) groups is 1. The van der Waals surface area contributed by atoms with E-state index in [-0.39, 0.29) is 12.1 Å². The molecular weight excluding hydrogens is 358 g/mol. The van der Waals surface area contributed by atoms with E-state index in [0.717, 1.165) is 22.9 Å². The van der Waals surface area contributed by atoms with Crippen molar-refractivity contribution in [2.75, 3.05) is 13.7 Å². The molecule has 1 amide bonds. The summed E-state index contributed by atoms with van der Waals surface area (Å²) in [7, 11) is 1.66. The lowest BCUT2D eigenvalue weighted by molar-refractivity contribution is 0.00196. The Morgan fingerprint density at radius 3 is 2.35 bits per heavy atom. The molecule has 0 spiro atoms. The zero-order valence-corrected chi connectivity index (χ0v) is 16.4. The summed E-state index contributed by atoms with van der Waals surface area (Å²) in [6.07, 6.45) is 1.56. The molecule has 23 heavy (non-hydrogen) atoms.